The molecule has 0 heterocycles. The van der Waals surface area contributed by atoms with E-state index >= 15 is 0 Å². The summed E-state index contributed by atoms with van der Waals surface area (Å²) in [6.45, 7) is 1.85. The molecular formula is C11H10ClNO2. The number of carbonyl (C=O) groups excluding carboxylic acids is 1. The van der Waals surface area contributed by atoms with Crippen molar-refractivity contribution < 1.29 is 9.53 Å². The standard InChI is InChI=1S/C11H10ClNO2/c1-7-3-8(5-10(14)15-2)11(12)9(4-7)6-13/h3-4H,5H2,1-2H3. The third-order valence-corrected chi connectivity index (χ3v) is 2.42. The number of ether oxygens (including phenoxy) is 1. The predicted octanol–water partition coefficient (Wildman–Crippen LogP) is 2.24. The minimum Gasteiger partial charge on any atom is -0.469 e. The summed E-state index contributed by atoms with van der Waals surface area (Å²) in [5.74, 6) is -0.369. The molecule has 4 heteroatoms. The molecule has 1 rings (SSSR count). The molecule has 1 aromatic rings. The number of nitrogens with zero attached hydrogens (tertiary/aromatic N) is 1. The largest absolute Gasteiger partial charge is 0.469 e. The van der Waals surface area contributed by atoms with Gasteiger partial charge in [-0.1, -0.05) is 17.7 Å². The minimum atomic E-state index is -0.369. The van der Waals surface area contributed by atoms with E-state index in [0.29, 0.717) is 16.1 Å². The SMILES string of the molecule is COC(=O)Cc1cc(C)cc(C#N)c1Cl. The molecule has 0 spiro atoms. The lowest BCUT2D eigenvalue weighted by atomic mass is 10.0. The van der Waals surface area contributed by atoms with E-state index in [2.05, 4.69) is 4.74 Å². The van der Waals surface area contributed by atoms with Crippen molar-refractivity contribution in [3.63, 3.8) is 0 Å². The molecule has 1 aromatic carbocycles. The van der Waals surface area contributed by atoms with Gasteiger partial charge in [-0.15, -0.1) is 0 Å². The third kappa shape index (κ3) is 2.71. The molecule has 0 aliphatic carbocycles. The van der Waals surface area contributed by atoms with Crippen LogP contribution in [0, 0.1) is 18.3 Å². The summed E-state index contributed by atoms with van der Waals surface area (Å²) in [5, 5.41) is 9.14. The molecule has 0 radical (unpaired) electrons. The molecule has 78 valence electrons. The minimum absolute atomic E-state index is 0.0890. The Morgan fingerprint density at radius 1 is 1.60 bits per heavy atom. The second-order valence-corrected chi connectivity index (χ2v) is 3.53. The first kappa shape index (κ1) is 11.5. The van der Waals surface area contributed by atoms with Crippen molar-refractivity contribution in [2.45, 2.75) is 13.3 Å². The van der Waals surface area contributed by atoms with Crippen molar-refractivity contribution >= 4 is 17.6 Å². The summed E-state index contributed by atoms with van der Waals surface area (Å²) in [5.41, 5.74) is 1.91. The summed E-state index contributed by atoms with van der Waals surface area (Å²) < 4.78 is 4.54. The van der Waals surface area contributed by atoms with Crippen LogP contribution < -0.4 is 0 Å². The maximum atomic E-state index is 11.1. The molecule has 0 aromatic heterocycles. The predicted molar refractivity (Wildman–Crippen MR) is 56.6 cm³/mol. The van der Waals surface area contributed by atoms with Crippen molar-refractivity contribution in [3.8, 4) is 6.07 Å². The topological polar surface area (TPSA) is 50.1 Å². The van der Waals surface area contributed by atoms with Crippen molar-refractivity contribution in [3.05, 3.63) is 33.8 Å². The summed E-state index contributed by atoms with van der Waals surface area (Å²) in [6.07, 6.45) is 0.0890. The van der Waals surface area contributed by atoms with E-state index in [-0.39, 0.29) is 12.4 Å². The Kier molecular flexibility index (Phi) is 3.70. The van der Waals surface area contributed by atoms with Crippen LogP contribution in [-0.2, 0) is 16.0 Å². The molecule has 0 unspecified atom stereocenters. The van der Waals surface area contributed by atoms with Gasteiger partial charge in [0, 0.05) is 0 Å². The Bertz CT molecular complexity index is 435. The van der Waals surface area contributed by atoms with Gasteiger partial charge in [0.1, 0.15) is 6.07 Å². The zero-order valence-corrected chi connectivity index (χ0v) is 9.26. The molecule has 0 N–H and O–H groups in total. The monoisotopic (exact) mass is 223 g/mol. The van der Waals surface area contributed by atoms with Gasteiger partial charge >= 0.3 is 5.97 Å². The quantitative estimate of drug-likeness (QED) is 0.723. The molecular weight excluding hydrogens is 214 g/mol. The van der Waals surface area contributed by atoms with Gasteiger partial charge in [0.2, 0.25) is 0 Å². The van der Waals surface area contributed by atoms with Gasteiger partial charge in [-0.25, -0.2) is 0 Å². The first-order chi connectivity index (χ1) is 7.08. The van der Waals surface area contributed by atoms with Crippen molar-refractivity contribution in [2.24, 2.45) is 0 Å². The van der Waals surface area contributed by atoms with Gasteiger partial charge in [0.25, 0.3) is 0 Å². The molecule has 0 aliphatic rings. The molecule has 0 aliphatic heterocycles. The van der Waals surface area contributed by atoms with Crippen LogP contribution in [0.5, 0.6) is 0 Å². The second kappa shape index (κ2) is 4.81. The molecule has 3 nitrogen and oxygen atoms in total. The number of aryl methyl sites for hydroxylation is 1. The van der Waals surface area contributed by atoms with Gasteiger partial charge in [0.05, 0.1) is 24.1 Å². The normalized spacial score (nSPS) is 9.47. The van der Waals surface area contributed by atoms with Crippen LogP contribution in [0.2, 0.25) is 5.02 Å². The Morgan fingerprint density at radius 3 is 2.80 bits per heavy atom. The lowest BCUT2D eigenvalue weighted by Gasteiger charge is -2.06. The zero-order valence-electron chi connectivity index (χ0n) is 8.50. The van der Waals surface area contributed by atoms with Gasteiger partial charge < -0.3 is 4.74 Å². The fourth-order valence-electron chi connectivity index (χ4n) is 1.28. The molecule has 0 fully saturated rings. The van der Waals surface area contributed by atoms with E-state index < -0.39 is 0 Å². The van der Waals surface area contributed by atoms with Crippen LogP contribution in [-0.4, -0.2) is 13.1 Å². The van der Waals surface area contributed by atoms with E-state index in [9.17, 15) is 4.79 Å². The summed E-state index contributed by atoms with van der Waals surface area (Å²) in [4.78, 5) is 11.1. The lowest BCUT2D eigenvalue weighted by Crippen LogP contribution is -2.05. The van der Waals surface area contributed by atoms with Crippen LogP contribution in [0.3, 0.4) is 0 Å². The first-order valence-corrected chi connectivity index (χ1v) is 4.72. The Morgan fingerprint density at radius 2 is 2.27 bits per heavy atom. The number of benzene rings is 1. The van der Waals surface area contributed by atoms with Gasteiger partial charge in [-0.05, 0) is 24.1 Å². The summed E-state index contributed by atoms with van der Waals surface area (Å²) >= 11 is 5.95. The van der Waals surface area contributed by atoms with E-state index in [4.69, 9.17) is 16.9 Å². The highest BCUT2D eigenvalue weighted by molar-refractivity contribution is 6.32. The van der Waals surface area contributed by atoms with Crippen LogP contribution in [0.1, 0.15) is 16.7 Å². The highest BCUT2D eigenvalue weighted by Crippen LogP contribution is 2.23. The third-order valence-electron chi connectivity index (χ3n) is 1.98. The van der Waals surface area contributed by atoms with Crippen LogP contribution in [0.4, 0.5) is 0 Å². The van der Waals surface area contributed by atoms with Gasteiger partial charge in [0.15, 0.2) is 0 Å². The second-order valence-electron chi connectivity index (χ2n) is 3.15. The number of hydrogen-bond acceptors (Lipinski definition) is 3. The van der Waals surface area contributed by atoms with Crippen LogP contribution >= 0.6 is 11.6 Å². The van der Waals surface area contributed by atoms with Crippen molar-refractivity contribution in [1.82, 2.24) is 0 Å². The smallest absolute Gasteiger partial charge is 0.310 e. The Balaban J connectivity index is 3.13. The number of hydrogen-bond donors (Lipinski definition) is 0. The maximum Gasteiger partial charge on any atom is 0.310 e. The van der Waals surface area contributed by atoms with E-state index in [1.807, 2.05) is 13.0 Å². The first-order valence-electron chi connectivity index (χ1n) is 4.34. The fourth-order valence-corrected chi connectivity index (χ4v) is 1.50. The summed E-state index contributed by atoms with van der Waals surface area (Å²) in [6, 6.07) is 5.45. The highest BCUT2D eigenvalue weighted by atomic mass is 35.5. The number of rotatable bonds is 2. The average molecular weight is 224 g/mol. The number of carbonyl (C=O) groups is 1. The molecule has 0 saturated heterocycles. The summed E-state index contributed by atoms with van der Waals surface area (Å²) in [7, 11) is 1.32. The van der Waals surface area contributed by atoms with E-state index in [1.165, 1.54) is 7.11 Å². The fraction of sp³-hybridized carbons (Fsp3) is 0.273. The Hall–Kier alpha value is -1.53. The van der Waals surface area contributed by atoms with E-state index in [1.54, 1.807) is 12.1 Å². The van der Waals surface area contributed by atoms with Crippen LogP contribution in [0.25, 0.3) is 0 Å². The molecule has 0 saturated carbocycles. The van der Waals surface area contributed by atoms with Gasteiger partial charge in [-0.3, -0.25) is 4.79 Å². The van der Waals surface area contributed by atoms with E-state index in [0.717, 1.165) is 5.56 Å². The number of halogens is 1. The molecule has 0 atom stereocenters. The van der Waals surface area contributed by atoms with Crippen molar-refractivity contribution in [2.75, 3.05) is 7.11 Å². The van der Waals surface area contributed by atoms with Crippen LogP contribution in [0.15, 0.2) is 12.1 Å². The number of nitriles is 1. The molecule has 15 heavy (non-hydrogen) atoms. The van der Waals surface area contributed by atoms with Crippen molar-refractivity contribution in [1.29, 1.82) is 5.26 Å². The number of methoxy groups -OCH3 is 1. The highest BCUT2D eigenvalue weighted by Gasteiger charge is 2.11. The lowest BCUT2D eigenvalue weighted by molar-refractivity contribution is -0.139. The maximum absolute atomic E-state index is 11.1. The Labute approximate surface area is 93.2 Å². The molecule has 0 bridgehead atoms. The average Bonchev–Trinajstić information content (AvgIpc) is 2.22. The zero-order chi connectivity index (χ0) is 11.4. The number of esters is 1. The van der Waals surface area contributed by atoms with Gasteiger partial charge in [-0.2, -0.15) is 5.26 Å². The molecule has 0 amide bonds.